The summed E-state index contributed by atoms with van der Waals surface area (Å²) in [6, 6.07) is 41.4. The van der Waals surface area contributed by atoms with Gasteiger partial charge in [0.05, 0.1) is 0 Å². The summed E-state index contributed by atoms with van der Waals surface area (Å²) in [4.78, 5) is 0. The summed E-state index contributed by atoms with van der Waals surface area (Å²) >= 11 is -1.32. The van der Waals surface area contributed by atoms with E-state index in [1.165, 1.54) is 92.5 Å². The molecule has 0 amide bonds. The van der Waals surface area contributed by atoms with Crippen LogP contribution in [0, 0.1) is 0 Å². The number of rotatable bonds is 14. The maximum absolute atomic E-state index is 6.58. The molecule has 0 N–H and O–H groups in total. The van der Waals surface area contributed by atoms with Crippen molar-refractivity contribution < 1.29 is 32.1 Å². The van der Waals surface area contributed by atoms with Crippen LogP contribution in [0.3, 0.4) is 0 Å². The zero-order valence-corrected chi connectivity index (χ0v) is 34.1. The summed E-state index contributed by atoms with van der Waals surface area (Å²) in [6.45, 7) is 8.88. The van der Waals surface area contributed by atoms with Gasteiger partial charge >= 0.3 is 330 Å². The average Bonchev–Trinajstić information content (AvgIpc) is 4.02. The van der Waals surface area contributed by atoms with Crippen LogP contribution in [0.2, 0.25) is 0 Å². The third-order valence-electron chi connectivity index (χ3n) is 11.2. The third-order valence-corrected chi connectivity index (χ3v) is 15.9. The Morgan fingerprint density at radius 1 is 0.491 bits per heavy atom. The van der Waals surface area contributed by atoms with Crippen LogP contribution in [0.25, 0.3) is 45.6 Å². The molecule has 2 unspecified atom stereocenters. The fourth-order valence-electron chi connectivity index (χ4n) is 8.17. The first-order valence-electron chi connectivity index (χ1n) is 19.9. The van der Waals surface area contributed by atoms with Crippen LogP contribution >= 0.6 is 0 Å². The Morgan fingerprint density at radius 2 is 0.925 bits per heavy atom. The Kier molecular flexibility index (Phi) is 10.8. The van der Waals surface area contributed by atoms with Crippen molar-refractivity contribution in [2.45, 2.75) is 86.3 Å². The summed E-state index contributed by atoms with van der Waals surface area (Å²) in [5, 5.41) is 0. The fraction of sp³-hybridized carbons (Fsp3) is 0.280. The van der Waals surface area contributed by atoms with Gasteiger partial charge in [0.1, 0.15) is 0 Å². The van der Waals surface area contributed by atoms with E-state index in [0.717, 1.165) is 48.7 Å². The number of fused-ring (bicyclic) bond motifs is 2. The molecular weight excluding hydrogens is 724 g/mol. The molecule has 3 heteroatoms. The van der Waals surface area contributed by atoms with Crippen molar-refractivity contribution in [3.05, 3.63) is 166 Å². The number of allylic oxidation sites excluding steroid dienone is 2. The van der Waals surface area contributed by atoms with Crippen molar-refractivity contribution in [3.8, 4) is 22.3 Å². The molecule has 0 saturated carbocycles. The van der Waals surface area contributed by atoms with Crippen LogP contribution in [0.15, 0.2) is 118 Å². The second kappa shape index (κ2) is 16.0. The summed E-state index contributed by atoms with van der Waals surface area (Å²) in [5.74, 6) is 4.14. The van der Waals surface area contributed by atoms with Gasteiger partial charge in [-0.05, 0) is 0 Å². The molecule has 8 rings (SSSR count). The first-order valence-corrected chi connectivity index (χ1v) is 22.7. The Balaban J connectivity index is 1.22. The number of furan rings is 2. The molecule has 0 spiro atoms. The zero-order chi connectivity index (χ0) is 36.3. The van der Waals surface area contributed by atoms with Crippen molar-refractivity contribution in [2.24, 2.45) is 0 Å². The zero-order valence-electron chi connectivity index (χ0n) is 31.7. The Labute approximate surface area is 327 Å². The van der Waals surface area contributed by atoms with Crippen LogP contribution in [0.5, 0.6) is 0 Å². The third kappa shape index (κ3) is 7.23. The predicted octanol–water partition coefficient (Wildman–Crippen LogP) is 14.0. The quantitative estimate of drug-likeness (QED) is 0.110. The van der Waals surface area contributed by atoms with E-state index in [-0.39, 0.29) is 0 Å². The minimum atomic E-state index is -1.32. The Bertz CT molecular complexity index is 2100. The summed E-state index contributed by atoms with van der Waals surface area (Å²) in [6.07, 6.45) is 13.9. The van der Waals surface area contributed by atoms with Gasteiger partial charge in [-0.15, -0.1) is 0 Å². The molecule has 6 aromatic rings. The van der Waals surface area contributed by atoms with Crippen LogP contribution < -0.4 is 0 Å². The Morgan fingerprint density at radius 3 is 1.30 bits per heavy atom. The molecule has 4 aromatic carbocycles. The van der Waals surface area contributed by atoms with E-state index >= 15 is 0 Å². The predicted molar refractivity (Wildman–Crippen MR) is 218 cm³/mol. The minimum absolute atomic E-state index is 0.328. The number of hydrogen-bond acceptors (Lipinski definition) is 2. The van der Waals surface area contributed by atoms with Gasteiger partial charge in [0.2, 0.25) is 0 Å². The van der Waals surface area contributed by atoms with Crippen molar-refractivity contribution >= 4 is 23.3 Å². The molecule has 0 bridgehead atoms. The SMILES string of the molecule is CCCCc1ccc(-c2cccc3c2C=C(c2ccc(CC)o2)[CH]3[Zr][CH]2C(c3ccc(CC)o3)=Cc3c(-c4ccc(CCCC)cc4)cccc32)cc1. The second-order valence-corrected chi connectivity index (χ2v) is 18.3. The van der Waals surface area contributed by atoms with Gasteiger partial charge in [-0.3, -0.25) is 0 Å². The van der Waals surface area contributed by atoms with Gasteiger partial charge < -0.3 is 0 Å². The summed E-state index contributed by atoms with van der Waals surface area (Å²) < 4.78 is 13.8. The topological polar surface area (TPSA) is 26.3 Å². The first-order chi connectivity index (χ1) is 26.1. The van der Waals surface area contributed by atoms with E-state index in [1.54, 1.807) is 0 Å². The number of unbranched alkanes of at least 4 members (excludes halogenated alkanes) is 2. The molecule has 266 valence electrons. The van der Waals surface area contributed by atoms with Crippen LogP contribution in [0.4, 0.5) is 0 Å². The van der Waals surface area contributed by atoms with E-state index in [4.69, 9.17) is 8.83 Å². The molecule has 0 radical (unpaired) electrons. The molecule has 2 atom stereocenters. The molecule has 2 aliphatic rings. The van der Waals surface area contributed by atoms with E-state index in [2.05, 4.69) is 149 Å². The molecule has 2 nitrogen and oxygen atoms in total. The number of aryl methyl sites for hydroxylation is 4. The van der Waals surface area contributed by atoms with Crippen molar-refractivity contribution in [2.75, 3.05) is 0 Å². The molecule has 0 saturated heterocycles. The molecule has 0 fully saturated rings. The van der Waals surface area contributed by atoms with Crippen molar-refractivity contribution in [1.82, 2.24) is 0 Å². The first kappa shape index (κ1) is 35.8. The van der Waals surface area contributed by atoms with Crippen LogP contribution in [-0.4, -0.2) is 0 Å². The molecule has 2 aromatic heterocycles. The van der Waals surface area contributed by atoms with Gasteiger partial charge in [0, 0.05) is 0 Å². The van der Waals surface area contributed by atoms with E-state index in [1.807, 2.05) is 0 Å². The fourth-order valence-corrected chi connectivity index (χ4v) is 13.1. The van der Waals surface area contributed by atoms with E-state index in [9.17, 15) is 0 Å². The van der Waals surface area contributed by atoms with Gasteiger partial charge in [0.15, 0.2) is 0 Å². The molecular formula is C50H50O2Zr. The summed E-state index contributed by atoms with van der Waals surface area (Å²) in [5.41, 5.74) is 16.4. The second-order valence-electron chi connectivity index (χ2n) is 14.7. The molecule has 0 aliphatic heterocycles. The van der Waals surface area contributed by atoms with Crippen molar-refractivity contribution in [3.63, 3.8) is 0 Å². The number of hydrogen-bond donors (Lipinski definition) is 0. The molecule has 53 heavy (non-hydrogen) atoms. The van der Waals surface area contributed by atoms with E-state index < -0.39 is 23.2 Å². The summed E-state index contributed by atoms with van der Waals surface area (Å²) in [7, 11) is 0. The Hall–Kier alpha value is -4.20. The maximum atomic E-state index is 6.58. The average molecular weight is 774 g/mol. The standard InChI is InChI=1S/2C25H25O.Zr/c2*1-3-5-7-18-10-12-19(13-11-18)23-9-6-8-20-16-21(17-24(20)23)25-15-14-22(4-2)26-25;/h2*6,8-17H,3-5,7H2,1-2H3;. The van der Waals surface area contributed by atoms with Gasteiger partial charge in [-0.1, -0.05) is 0 Å². The van der Waals surface area contributed by atoms with Crippen LogP contribution in [-0.2, 0) is 48.9 Å². The number of benzene rings is 4. The molecule has 2 aliphatic carbocycles. The normalized spacial score (nSPS) is 16.0. The van der Waals surface area contributed by atoms with Crippen LogP contribution in [0.1, 0.15) is 117 Å². The van der Waals surface area contributed by atoms with Gasteiger partial charge in [-0.25, -0.2) is 0 Å². The van der Waals surface area contributed by atoms with Crippen molar-refractivity contribution in [1.29, 1.82) is 0 Å². The molecule has 2 heterocycles. The van der Waals surface area contributed by atoms with Gasteiger partial charge in [-0.2, -0.15) is 0 Å². The van der Waals surface area contributed by atoms with Gasteiger partial charge in [0.25, 0.3) is 0 Å². The monoisotopic (exact) mass is 772 g/mol. The van der Waals surface area contributed by atoms with E-state index in [0.29, 0.717) is 7.25 Å².